The Morgan fingerprint density at radius 2 is 2.18 bits per heavy atom. The van der Waals surface area contributed by atoms with E-state index in [1.165, 1.54) is 6.42 Å². The summed E-state index contributed by atoms with van der Waals surface area (Å²) in [6.07, 6.45) is 2.26. The third-order valence-electron chi connectivity index (χ3n) is 3.87. The minimum absolute atomic E-state index is 0.0169. The topological polar surface area (TPSA) is 61.0 Å². The molecule has 1 saturated heterocycles. The van der Waals surface area contributed by atoms with Crippen LogP contribution >= 0.6 is 11.6 Å². The highest BCUT2D eigenvalue weighted by Crippen LogP contribution is 2.20. The molecule has 2 N–H and O–H groups in total. The van der Waals surface area contributed by atoms with Crippen molar-refractivity contribution in [2.45, 2.75) is 19.8 Å². The van der Waals surface area contributed by atoms with Crippen LogP contribution in [-0.4, -0.2) is 34.1 Å². The normalized spacial score (nSPS) is 18.3. The molecule has 1 aromatic heterocycles. The average Bonchev–Trinajstić information content (AvgIpc) is 2.97. The van der Waals surface area contributed by atoms with E-state index < -0.39 is 0 Å². The van der Waals surface area contributed by atoms with Gasteiger partial charge in [-0.2, -0.15) is 5.10 Å². The number of piperidine rings is 1. The van der Waals surface area contributed by atoms with Gasteiger partial charge >= 0.3 is 0 Å². The molecule has 0 radical (unpaired) electrons. The van der Waals surface area contributed by atoms with Crippen LogP contribution in [0.1, 0.15) is 30.3 Å². The van der Waals surface area contributed by atoms with E-state index in [1.807, 2.05) is 17.0 Å². The van der Waals surface area contributed by atoms with E-state index in [9.17, 15) is 4.79 Å². The fraction of sp³-hybridized carbons (Fsp3) is 0.375. The number of aromatic amines is 1. The Kier molecular flexibility index (Phi) is 4.34. The Balaban J connectivity index is 1.67. The third kappa shape index (κ3) is 3.42. The average molecular weight is 319 g/mol. The minimum Gasteiger partial charge on any atom is -0.339 e. The van der Waals surface area contributed by atoms with Gasteiger partial charge in [0.05, 0.1) is 0 Å². The zero-order valence-electron chi connectivity index (χ0n) is 12.5. The molecule has 0 aliphatic carbocycles. The van der Waals surface area contributed by atoms with Crippen LogP contribution in [0.15, 0.2) is 30.3 Å². The number of carbonyl (C=O) groups excluding carboxylic acids is 1. The maximum Gasteiger partial charge on any atom is 0.271 e. The van der Waals surface area contributed by atoms with Crippen LogP contribution in [0.2, 0.25) is 5.02 Å². The van der Waals surface area contributed by atoms with Crippen LogP contribution in [0, 0.1) is 5.92 Å². The molecule has 22 heavy (non-hydrogen) atoms. The number of benzene rings is 1. The summed E-state index contributed by atoms with van der Waals surface area (Å²) in [5, 5.41) is 10.8. The first kappa shape index (κ1) is 14.9. The lowest BCUT2D eigenvalue weighted by Gasteiger charge is -2.30. The predicted molar refractivity (Wildman–Crippen MR) is 87.6 cm³/mol. The molecule has 1 aliphatic rings. The van der Waals surface area contributed by atoms with Gasteiger partial charge in [-0.15, -0.1) is 0 Å². The molecule has 116 valence electrons. The molecule has 1 amide bonds. The van der Waals surface area contributed by atoms with Gasteiger partial charge in [-0.05, 0) is 43.0 Å². The zero-order valence-corrected chi connectivity index (χ0v) is 13.2. The molecule has 3 rings (SSSR count). The maximum atomic E-state index is 12.5. The number of anilines is 2. The molecule has 1 aromatic carbocycles. The molecular formula is C16H19ClN4O. The predicted octanol–water partition coefficient (Wildman–Crippen LogP) is 3.68. The fourth-order valence-electron chi connectivity index (χ4n) is 2.72. The van der Waals surface area contributed by atoms with E-state index in [0.717, 1.165) is 25.2 Å². The summed E-state index contributed by atoms with van der Waals surface area (Å²) >= 11 is 5.86. The number of halogens is 1. The first-order chi connectivity index (χ1) is 10.6. The van der Waals surface area contributed by atoms with Gasteiger partial charge in [-0.3, -0.25) is 9.89 Å². The molecule has 5 nitrogen and oxygen atoms in total. The van der Waals surface area contributed by atoms with E-state index in [0.29, 0.717) is 22.5 Å². The van der Waals surface area contributed by atoms with Crippen LogP contribution in [0.5, 0.6) is 0 Å². The van der Waals surface area contributed by atoms with E-state index in [2.05, 4.69) is 22.4 Å². The number of H-pyrrole nitrogens is 1. The number of nitrogens with one attached hydrogen (secondary N) is 2. The van der Waals surface area contributed by atoms with Crippen LogP contribution in [0.25, 0.3) is 0 Å². The molecule has 0 saturated carbocycles. The Hall–Kier alpha value is -2.01. The Morgan fingerprint density at radius 3 is 2.91 bits per heavy atom. The third-order valence-corrected chi connectivity index (χ3v) is 4.12. The van der Waals surface area contributed by atoms with E-state index in [-0.39, 0.29) is 5.91 Å². The van der Waals surface area contributed by atoms with Gasteiger partial charge in [0.2, 0.25) is 0 Å². The summed E-state index contributed by atoms with van der Waals surface area (Å²) in [7, 11) is 0. The first-order valence-electron chi connectivity index (χ1n) is 7.49. The van der Waals surface area contributed by atoms with Gasteiger partial charge in [-0.1, -0.05) is 18.5 Å². The van der Waals surface area contributed by atoms with Crippen molar-refractivity contribution in [2.24, 2.45) is 5.92 Å². The molecular weight excluding hydrogens is 300 g/mol. The lowest BCUT2D eigenvalue weighted by Crippen LogP contribution is -2.39. The van der Waals surface area contributed by atoms with Crippen LogP contribution in [0.4, 0.5) is 11.5 Å². The van der Waals surface area contributed by atoms with Crippen molar-refractivity contribution in [3.8, 4) is 0 Å². The van der Waals surface area contributed by atoms with Crippen molar-refractivity contribution in [1.29, 1.82) is 0 Å². The number of amides is 1. The molecule has 2 aromatic rings. The maximum absolute atomic E-state index is 12.5. The van der Waals surface area contributed by atoms with Crippen LogP contribution in [0.3, 0.4) is 0 Å². The Morgan fingerprint density at radius 1 is 1.41 bits per heavy atom. The molecule has 6 heteroatoms. The van der Waals surface area contributed by atoms with Crippen molar-refractivity contribution in [2.75, 3.05) is 18.4 Å². The summed E-state index contributed by atoms with van der Waals surface area (Å²) in [5.41, 5.74) is 1.40. The number of likely N-dealkylation sites (tertiary alicyclic amines) is 1. The lowest BCUT2D eigenvalue weighted by molar-refractivity contribution is 0.0677. The second-order valence-electron chi connectivity index (χ2n) is 5.80. The monoisotopic (exact) mass is 318 g/mol. The molecule has 0 bridgehead atoms. The quantitative estimate of drug-likeness (QED) is 0.907. The first-order valence-corrected chi connectivity index (χ1v) is 7.87. The summed E-state index contributed by atoms with van der Waals surface area (Å²) in [6.45, 7) is 3.82. The Labute approximate surface area is 134 Å². The number of nitrogens with zero attached hydrogens (tertiary/aromatic N) is 2. The molecule has 1 unspecified atom stereocenters. The van der Waals surface area contributed by atoms with E-state index in [1.54, 1.807) is 18.2 Å². The van der Waals surface area contributed by atoms with Gasteiger partial charge in [-0.25, -0.2) is 0 Å². The van der Waals surface area contributed by atoms with Crippen molar-refractivity contribution in [3.05, 3.63) is 41.0 Å². The molecule has 0 spiro atoms. The van der Waals surface area contributed by atoms with Crippen molar-refractivity contribution in [1.82, 2.24) is 15.1 Å². The highest BCUT2D eigenvalue weighted by molar-refractivity contribution is 6.30. The number of hydrogen-bond acceptors (Lipinski definition) is 3. The van der Waals surface area contributed by atoms with Crippen LogP contribution in [-0.2, 0) is 0 Å². The fourth-order valence-corrected chi connectivity index (χ4v) is 2.85. The largest absolute Gasteiger partial charge is 0.339 e. The van der Waals surface area contributed by atoms with Gasteiger partial charge in [0.25, 0.3) is 5.91 Å². The molecule has 1 fully saturated rings. The standard InChI is InChI=1S/C16H19ClN4O/c1-11-3-2-8-21(10-11)16(22)14-9-15(20-19-14)18-13-6-4-12(17)5-7-13/h4-7,9,11H,2-3,8,10H2,1H3,(H2,18,19,20). The van der Waals surface area contributed by atoms with Gasteiger partial charge < -0.3 is 10.2 Å². The zero-order chi connectivity index (χ0) is 15.5. The van der Waals surface area contributed by atoms with E-state index in [4.69, 9.17) is 11.6 Å². The lowest BCUT2D eigenvalue weighted by atomic mass is 10.00. The van der Waals surface area contributed by atoms with Crippen molar-refractivity contribution >= 4 is 29.0 Å². The molecule has 1 aliphatic heterocycles. The van der Waals surface area contributed by atoms with Gasteiger partial charge in [0.1, 0.15) is 5.69 Å². The van der Waals surface area contributed by atoms with Crippen LogP contribution < -0.4 is 5.32 Å². The summed E-state index contributed by atoms with van der Waals surface area (Å²) < 4.78 is 0. The van der Waals surface area contributed by atoms with Gasteiger partial charge in [0.15, 0.2) is 5.82 Å². The molecule has 1 atom stereocenters. The minimum atomic E-state index is 0.0169. The summed E-state index contributed by atoms with van der Waals surface area (Å²) in [5.74, 6) is 1.20. The van der Waals surface area contributed by atoms with Crippen molar-refractivity contribution < 1.29 is 4.79 Å². The van der Waals surface area contributed by atoms with Crippen molar-refractivity contribution in [3.63, 3.8) is 0 Å². The number of carbonyl (C=O) groups is 1. The number of hydrogen-bond donors (Lipinski definition) is 2. The highest BCUT2D eigenvalue weighted by atomic mass is 35.5. The van der Waals surface area contributed by atoms with E-state index >= 15 is 0 Å². The highest BCUT2D eigenvalue weighted by Gasteiger charge is 2.23. The van der Waals surface area contributed by atoms with Gasteiger partial charge in [0, 0.05) is 29.9 Å². The second kappa shape index (κ2) is 6.40. The number of aromatic nitrogens is 2. The SMILES string of the molecule is CC1CCCN(C(=O)c2cc(Nc3ccc(Cl)cc3)n[nH]2)C1. The number of rotatable bonds is 3. The smallest absolute Gasteiger partial charge is 0.271 e. The second-order valence-corrected chi connectivity index (χ2v) is 6.23. The Bertz CT molecular complexity index is 652. The summed E-state index contributed by atoms with van der Waals surface area (Å²) in [4.78, 5) is 14.4. The molecule has 2 heterocycles. The summed E-state index contributed by atoms with van der Waals surface area (Å²) in [6, 6.07) is 9.08.